The van der Waals surface area contributed by atoms with E-state index in [0.717, 1.165) is 58.0 Å². The van der Waals surface area contributed by atoms with Gasteiger partial charge in [-0.3, -0.25) is 9.69 Å². The number of aliphatic imine (C=N–C) groups is 1. The lowest BCUT2D eigenvalue weighted by molar-refractivity contribution is -0.127. The normalized spacial score (nSPS) is 15.2. The number of likely N-dealkylation sites (N-methyl/N-ethyl adjacent to an activating group) is 1. The number of amides is 1. The van der Waals surface area contributed by atoms with E-state index in [2.05, 4.69) is 37.6 Å². The number of anilines is 1. The molecule has 1 fully saturated rings. The molecule has 1 amide bonds. The Labute approximate surface area is 174 Å². The van der Waals surface area contributed by atoms with E-state index in [4.69, 9.17) is 4.74 Å². The summed E-state index contributed by atoms with van der Waals surface area (Å²) in [5.41, 5.74) is 1.26. The molecule has 0 atom stereocenters. The van der Waals surface area contributed by atoms with Crippen molar-refractivity contribution in [1.82, 2.24) is 20.4 Å². The van der Waals surface area contributed by atoms with Gasteiger partial charge in [-0.15, -0.1) is 0 Å². The monoisotopic (exact) mass is 404 g/mol. The van der Waals surface area contributed by atoms with E-state index < -0.39 is 0 Å². The minimum absolute atomic E-state index is 0.00284. The Hall–Kier alpha value is -2.48. The molecule has 0 aromatic heterocycles. The predicted molar refractivity (Wildman–Crippen MR) is 119 cm³/mol. The van der Waals surface area contributed by atoms with Crippen molar-refractivity contribution in [3.05, 3.63) is 24.3 Å². The van der Waals surface area contributed by atoms with Crippen LogP contribution < -0.4 is 20.3 Å². The van der Waals surface area contributed by atoms with Crippen LogP contribution in [-0.4, -0.2) is 95.2 Å². The number of nitrogens with one attached hydrogen (secondary N) is 2. The fourth-order valence-electron chi connectivity index (χ4n) is 3.16. The highest BCUT2D eigenvalue weighted by molar-refractivity contribution is 5.84. The maximum absolute atomic E-state index is 11.7. The summed E-state index contributed by atoms with van der Waals surface area (Å²) in [5, 5.41) is 6.51. The van der Waals surface area contributed by atoms with Gasteiger partial charge in [-0.1, -0.05) is 0 Å². The molecular weight excluding hydrogens is 368 g/mol. The number of carbonyl (C=O) groups excluding carboxylic acids is 1. The largest absolute Gasteiger partial charge is 0.497 e. The van der Waals surface area contributed by atoms with Crippen LogP contribution in [0.1, 0.15) is 13.3 Å². The second-order valence-corrected chi connectivity index (χ2v) is 7.29. The minimum Gasteiger partial charge on any atom is -0.497 e. The fourth-order valence-corrected chi connectivity index (χ4v) is 3.16. The second kappa shape index (κ2) is 12.2. The third kappa shape index (κ3) is 7.81. The van der Waals surface area contributed by atoms with Gasteiger partial charge >= 0.3 is 0 Å². The number of nitrogens with zero attached hydrogens (tertiary/aromatic N) is 4. The number of hydrogen-bond acceptors (Lipinski definition) is 5. The first-order valence-electron chi connectivity index (χ1n) is 10.4. The number of methoxy groups -OCH3 is 1. The van der Waals surface area contributed by atoms with Crippen molar-refractivity contribution < 1.29 is 9.53 Å². The molecule has 1 aromatic rings. The van der Waals surface area contributed by atoms with Crippen molar-refractivity contribution in [2.75, 3.05) is 78.5 Å². The summed E-state index contributed by atoms with van der Waals surface area (Å²) >= 11 is 0. The van der Waals surface area contributed by atoms with Crippen molar-refractivity contribution in [2.45, 2.75) is 13.3 Å². The van der Waals surface area contributed by atoms with E-state index in [-0.39, 0.29) is 12.5 Å². The van der Waals surface area contributed by atoms with E-state index in [1.54, 1.807) is 26.1 Å². The predicted octanol–water partition coefficient (Wildman–Crippen LogP) is 0.851. The van der Waals surface area contributed by atoms with Crippen molar-refractivity contribution in [3.8, 4) is 5.75 Å². The Morgan fingerprint density at radius 3 is 2.41 bits per heavy atom. The molecule has 1 aliphatic rings. The summed E-state index contributed by atoms with van der Waals surface area (Å²) in [5.74, 6) is 1.59. The van der Waals surface area contributed by atoms with Gasteiger partial charge in [0.1, 0.15) is 12.3 Å². The molecule has 8 heteroatoms. The van der Waals surface area contributed by atoms with E-state index in [1.165, 1.54) is 5.69 Å². The molecule has 1 aromatic carbocycles. The number of hydrogen-bond donors (Lipinski definition) is 2. The van der Waals surface area contributed by atoms with Crippen molar-refractivity contribution in [2.24, 2.45) is 4.99 Å². The standard InChI is InChI=1S/C21H36N6O2/c1-5-22-21(24-17-20(28)25(2)3)23-11-6-12-26-13-15-27(16-14-26)18-7-9-19(29-4)10-8-18/h7-10H,5-6,11-17H2,1-4H3,(H2,22,23,24). The van der Waals surface area contributed by atoms with E-state index in [1.807, 2.05) is 19.1 Å². The highest BCUT2D eigenvalue weighted by atomic mass is 16.5. The van der Waals surface area contributed by atoms with Crippen LogP contribution >= 0.6 is 0 Å². The Bertz CT molecular complexity index is 639. The van der Waals surface area contributed by atoms with Gasteiger partial charge in [0.2, 0.25) is 5.91 Å². The van der Waals surface area contributed by atoms with Crippen LogP contribution in [0.25, 0.3) is 0 Å². The highest BCUT2D eigenvalue weighted by Crippen LogP contribution is 2.20. The quantitative estimate of drug-likeness (QED) is 0.361. The molecule has 2 N–H and O–H groups in total. The van der Waals surface area contributed by atoms with Crippen molar-refractivity contribution in [3.63, 3.8) is 0 Å². The summed E-state index contributed by atoms with van der Waals surface area (Å²) in [6.07, 6.45) is 1.04. The molecule has 162 valence electrons. The molecule has 0 aliphatic carbocycles. The molecule has 1 heterocycles. The van der Waals surface area contributed by atoms with Crippen LogP contribution in [0, 0.1) is 0 Å². The van der Waals surface area contributed by atoms with Crippen LogP contribution in [-0.2, 0) is 4.79 Å². The summed E-state index contributed by atoms with van der Waals surface area (Å²) in [6, 6.07) is 8.29. The number of ether oxygens (including phenoxy) is 1. The Morgan fingerprint density at radius 1 is 1.14 bits per heavy atom. The molecule has 0 saturated carbocycles. The Morgan fingerprint density at radius 2 is 1.83 bits per heavy atom. The molecule has 8 nitrogen and oxygen atoms in total. The maximum atomic E-state index is 11.7. The Balaban J connectivity index is 1.67. The summed E-state index contributed by atoms with van der Waals surface area (Å²) < 4.78 is 5.23. The third-order valence-corrected chi connectivity index (χ3v) is 4.97. The van der Waals surface area contributed by atoms with Gasteiger partial charge in [-0.25, -0.2) is 4.99 Å². The maximum Gasteiger partial charge on any atom is 0.243 e. The number of piperazine rings is 1. The minimum atomic E-state index is -0.00284. The van der Waals surface area contributed by atoms with Crippen LogP contribution in [0.4, 0.5) is 5.69 Å². The van der Waals surface area contributed by atoms with Gasteiger partial charge in [0.25, 0.3) is 0 Å². The lowest BCUT2D eigenvalue weighted by atomic mass is 10.2. The fraction of sp³-hybridized carbons (Fsp3) is 0.619. The molecule has 0 unspecified atom stereocenters. The molecule has 1 saturated heterocycles. The topological polar surface area (TPSA) is 72.4 Å². The summed E-state index contributed by atoms with van der Waals surface area (Å²) in [4.78, 5) is 22.5. The average molecular weight is 405 g/mol. The van der Waals surface area contributed by atoms with E-state index in [9.17, 15) is 4.79 Å². The van der Waals surface area contributed by atoms with Gasteiger partial charge in [0.05, 0.1) is 7.11 Å². The van der Waals surface area contributed by atoms with Gasteiger partial charge in [-0.2, -0.15) is 0 Å². The van der Waals surface area contributed by atoms with Crippen LogP contribution in [0.15, 0.2) is 29.3 Å². The molecule has 29 heavy (non-hydrogen) atoms. The van der Waals surface area contributed by atoms with Gasteiger partial charge < -0.3 is 25.2 Å². The van der Waals surface area contributed by atoms with Crippen LogP contribution in [0.5, 0.6) is 5.75 Å². The first-order chi connectivity index (χ1) is 14.0. The highest BCUT2D eigenvalue weighted by Gasteiger charge is 2.16. The van der Waals surface area contributed by atoms with E-state index in [0.29, 0.717) is 5.96 Å². The molecule has 2 rings (SSSR count). The second-order valence-electron chi connectivity index (χ2n) is 7.29. The molecule has 1 aliphatic heterocycles. The first-order valence-corrected chi connectivity index (χ1v) is 10.4. The first kappa shape index (κ1) is 22.8. The van der Waals surface area contributed by atoms with Crippen molar-refractivity contribution >= 4 is 17.6 Å². The average Bonchev–Trinajstić information content (AvgIpc) is 2.75. The summed E-state index contributed by atoms with van der Waals surface area (Å²) in [7, 11) is 5.18. The molecule has 0 spiro atoms. The van der Waals surface area contributed by atoms with E-state index >= 15 is 0 Å². The number of guanidine groups is 1. The van der Waals surface area contributed by atoms with Crippen LogP contribution in [0.3, 0.4) is 0 Å². The zero-order valence-corrected chi connectivity index (χ0v) is 18.3. The zero-order chi connectivity index (χ0) is 21.1. The van der Waals surface area contributed by atoms with Gasteiger partial charge in [0.15, 0.2) is 5.96 Å². The third-order valence-electron chi connectivity index (χ3n) is 4.97. The van der Waals surface area contributed by atoms with Gasteiger partial charge in [0, 0.05) is 59.1 Å². The van der Waals surface area contributed by atoms with Crippen molar-refractivity contribution in [1.29, 1.82) is 0 Å². The number of carbonyl (C=O) groups is 1. The smallest absolute Gasteiger partial charge is 0.243 e. The Kier molecular flexibility index (Phi) is 9.56. The SMILES string of the molecule is CCNC(=NCC(=O)N(C)C)NCCCN1CCN(c2ccc(OC)cc2)CC1. The number of rotatable bonds is 9. The molecule has 0 radical (unpaired) electrons. The van der Waals surface area contributed by atoms with Gasteiger partial charge in [-0.05, 0) is 44.2 Å². The zero-order valence-electron chi connectivity index (χ0n) is 18.3. The summed E-state index contributed by atoms with van der Waals surface area (Å²) in [6.45, 7) is 9.06. The lowest BCUT2D eigenvalue weighted by Gasteiger charge is -2.36. The molecule has 0 bridgehead atoms. The molecular formula is C21H36N6O2. The van der Waals surface area contributed by atoms with Crippen LogP contribution in [0.2, 0.25) is 0 Å². The lowest BCUT2D eigenvalue weighted by Crippen LogP contribution is -2.47. The number of benzene rings is 1.